The maximum atomic E-state index is 5.03. The largest absolute Gasteiger partial charge is 0.292 e. The van der Waals surface area contributed by atoms with E-state index in [1.165, 1.54) is 5.56 Å². The molecular formula is C37H29N5. The molecular weight excluding hydrogens is 514 g/mol. The van der Waals surface area contributed by atoms with E-state index in [0.29, 0.717) is 23.4 Å². The van der Waals surface area contributed by atoms with Crippen molar-refractivity contribution in [3.8, 4) is 51.2 Å². The SMILES string of the molecule is CC(C)c1ccc(-c2nc3ccccc3n2-c2ccc(-c3nc(-c4ccccc4)nc(-c4ccccc4)n3)cc2)cc1. The second kappa shape index (κ2) is 10.9. The molecule has 0 bridgehead atoms. The van der Waals surface area contributed by atoms with Gasteiger partial charge in [-0.1, -0.05) is 111 Å². The van der Waals surface area contributed by atoms with Gasteiger partial charge in [-0.25, -0.2) is 19.9 Å². The first-order valence-corrected chi connectivity index (χ1v) is 14.2. The van der Waals surface area contributed by atoms with Crippen molar-refractivity contribution in [1.82, 2.24) is 24.5 Å². The molecule has 0 unspecified atom stereocenters. The minimum Gasteiger partial charge on any atom is -0.292 e. The molecule has 5 aromatic carbocycles. The number of hydrogen-bond acceptors (Lipinski definition) is 4. The van der Waals surface area contributed by atoms with Crippen LogP contribution in [0.15, 0.2) is 133 Å². The molecule has 0 radical (unpaired) electrons. The highest BCUT2D eigenvalue weighted by Crippen LogP contribution is 2.31. The van der Waals surface area contributed by atoms with Gasteiger partial charge in [0.1, 0.15) is 5.82 Å². The summed E-state index contributed by atoms with van der Waals surface area (Å²) in [5.74, 6) is 3.32. The molecule has 5 nitrogen and oxygen atoms in total. The smallest absolute Gasteiger partial charge is 0.164 e. The first kappa shape index (κ1) is 25.5. The summed E-state index contributed by atoms with van der Waals surface area (Å²) >= 11 is 0. The summed E-state index contributed by atoms with van der Waals surface area (Å²) in [6.45, 7) is 4.42. The van der Waals surface area contributed by atoms with Gasteiger partial charge in [-0.15, -0.1) is 0 Å². The summed E-state index contributed by atoms with van der Waals surface area (Å²) in [5.41, 5.74) is 8.26. The molecule has 0 aliphatic heterocycles. The Morgan fingerprint density at radius 2 is 0.929 bits per heavy atom. The number of fused-ring (bicyclic) bond motifs is 1. The molecule has 7 rings (SSSR count). The van der Waals surface area contributed by atoms with E-state index in [2.05, 4.69) is 85.1 Å². The van der Waals surface area contributed by atoms with E-state index in [9.17, 15) is 0 Å². The monoisotopic (exact) mass is 543 g/mol. The minimum atomic E-state index is 0.477. The third-order valence-electron chi connectivity index (χ3n) is 7.48. The molecule has 2 heterocycles. The maximum Gasteiger partial charge on any atom is 0.164 e. The lowest BCUT2D eigenvalue weighted by Gasteiger charge is -2.12. The fourth-order valence-corrected chi connectivity index (χ4v) is 5.20. The molecule has 5 heteroatoms. The predicted molar refractivity (Wildman–Crippen MR) is 170 cm³/mol. The van der Waals surface area contributed by atoms with Crippen LogP contribution >= 0.6 is 0 Å². The zero-order valence-corrected chi connectivity index (χ0v) is 23.5. The van der Waals surface area contributed by atoms with Gasteiger partial charge in [0.15, 0.2) is 17.5 Å². The van der Waals surface area contributed by atoms with E-state index in [4.69, 9.17) is 19.9 Å². The third kappa shape index (κ3) is 4.86. The summed E-state index contributed by atoms with van der Waals surface area (Å²) in [4.78, 5) is 19.6. The Hall–Kier alpha value is -5.42. The van der Waals surface area contributed by atoms with Crippen LogP contribution in [0.1, 0.15) is 25.3 Å². The van der Waals surface area contributed by atoms with E-state index in [-0.39, 0.29) is 0 Å². The number of aromatic nitrogens is 5. The lowest BCUT2D eigenvalue weighted by molar-refractivity contribution is 0.867. The van der Waals surface area contributed by atoms with Crippen LogP contribution in [0.5, 0.6) is 0 Å². The number of hydrogen-bond donors (Lipinski definition) is 0. The molecule has 0 aliphatic rings. The van der Waals surface area contributed by atoms with Crippen LogP contribution in [-0.2, 0) is 0 Å². The molecule has 0 spiro atoms. The highest BCUT2D eigenvalue weighted by Gasteiger charge is 2.16. The fraction of sp³-hybridized carbons (Fsp3) is 0.0811. The van der Waals surface area contributed by atoms with Crippen LogP contribution in [0.2, 0.25) is 0 Å². The van der Waals surface area contributed by atoms with E-state index < -0.39 is 0 Å². The number of para-hydroxylation sites is 2. The lowest BCUT2D eigenvalue weighted by Crippen LogP contribution is -2.01. The molecule has 7 aromatic rings. The highest BCUT2D eigenvalue weighted by atomic mass is 15.1. The van der Waals surface area contributed by atoms with Crippen LogP contribution in [0.4, 0.5) is 0 Å². The highest BCUT2D eigenvalue weighted by molar-refractivity contribution is 5.83. The van der Waals surface area contributed by atoms with Crippen LogP contribution in [0.3, 0.4) is 0 Å². The normalized spacial score (nSPS) is 11.3. The molecule has 0 amide bonds. The van der Waals surface area contributed by atoms with Crippen molar-refractivity contribution in [2.75, 3.05) is 0 Å². The maximum absolute atomic E-state index is 5.03. The standard InChI is InChI=1S/C37H29N5/c1-25(2)26-17-19-30(20-18-26)37-38-32-15-9-10-16-33(32)42(37)31-23-21-29(22-24-31)36-40-34(27-11-5-3-6-12-27)39-35(41-36)28-13-7-4-8-14-28/h3-25H,1-2H3. The molecule has 0 fully saturated rings. The van der Waals surface area contributed by atoms with Crippen molar-refractivity contribution in [3.63, 3.8) is 0 Å². The first-order valence-electron chi connectivity index (χ1n) is 14.2. The summed E-state index contributed by atoms with van der Waals surface area (Å²) in [7, 11) is 0. The van der Waals surface area contributed by atoms with Crippen LogP contribution in [0.25, 0.3) is 62.3 Å². The summed E-state index contributed by atoms with van der Waals surface area (Å²) in [6.07, 6.45) is 0. The van der Waals surface area contributed by atoms with E-state index in [0.717, 1.165) is 44.8 Å². The Kier molecular flexibility index (Phi) is 6.61. The third-order valence-corrected chi connectivity index (χ3v) is 7.48. The molecule has 0 saturated heterocycles. The van der Waals surface area contributed by atoms with Gasteiger partial charge in [0.25, 0.3) is 0 Å². The van der Waals surface area contributed by atoms with E-state index in [1.54, 1.807) is 0 Å². The average molecular weight is 544 g/mol. The van der Waals surface area contributed by atoms with Gasteiger partial charge in [-0.05, 0) is 47.9 Å². The van der Waals surface area contributed by atoms with Crippen molar-refractivity contribution in [1.29, 1.82) is 0 Å². The Morgan fingerprint density at radius 1 is 0.452 bits per heavy atom. The van der Waals surface area contributed by atoms with Gasteiger partial charge in [-0.3, -0.25) is 4.57 Å². The second-order valence-corrected chi connectivity index (χ2v) is 10.6. The van der Waals surface area contributed by atoms with Gasteiger partial charge < -0.3 is 0 Å². The number of benzene rings is 5. The van der Waals surface area contributed by atoms with Crippen molar-refractivity contribution < 1.29 is 0 Å². The van der Waals surface area contributed by atoms with Crippen molar-refractivity contribution >= 4 is 11.0 Å². The summed E-state index contributed by atoms with van der Waals surface area (Å²) in [5, 5.41) is 0. The number of imidazole rings is 1. The van der Waals surface area contributed by atoms with Crippen molar-refractivity contribution in [2.24, 2.45) is 0 Å². The minimum absolute atomic E-state index is 0.477. The van der Waals surface area contributed by atoms with Gasteiger partial charge in [0, 0.05) is 27.9 Å². The molecule has 42 heavy (non-hydrogen) atoms. The van der Waals surface area contributed by atoms with Crippen molar-refractivity contribution in [2.45, 2.75) is 19.8 Å². The van der Waals surface area contributed by atoms with Crippen LogP contribution < -0.4 is 0 Å². The molecule has 0 aliphatic carbocycles. The topological polar surface area (TPSA) is 56.5 Å². The van der Waals surface area contributed by atoms with Gasteiger partial charge in [0.05, 0.1) is 11.0 Å². The molecule has 2 aromatic heterocycles. The van der Waals surface area contributed by atoms with E-state index >= 15 is 0 Å². The van der Waals surface area contributed by atoms with Crippen LogP contribution in [0, 0.1) is 0 Å². The molecule has 0 atom stereocenters. The number of rotatable bonds is 6. The Labute approximate surface area is 245 Å². The Morgan fingerprint density at radius 3 is 1.48 bits per heavy atom. The zero-order valence-electron chi connectivity index (χ0n) is 23.5. The van der Waals surface area contributed by atoms with Gasteiger partial charge >= 0.3 is 0 Å². The number of nitrogens with zero attached hydrogens (tertiary/aromatic N) is 5. The molecule has 0 N–H and O–H groups in total. The fourth-order valence-electron chi connectivity index (χ4n) is 5.20. The van der Waals surface area contributed by atoms with Crippen molar-refractivity contribution in [3.05, 3.63) is 139 Å². The summed E-state index contributed by atoms with van der Waals surface area (Å²) < 4.78 is 2.22. The Bertz CT molecular complexity index is 1920. The average Bonchev–Trinajstić information content (AvgIpc) is 3.45. The van der Waals surface area contributed by atoms with Crippen LogP contribution in [-0.4, -0.2) is 24.5 Å². The first-order chi connectivity index (χ1) is 20.6. The Balaban J connectivity index is 1.33. The molecule has 202 valence electrons. The summed E-state index contributed by atoms with van der Waals surface area (Å²) in [6, 6.07) is 45.5. The quantitative estimate of drug-likeness (QED) is 0.210. The van der Waals surface area contributed by atoms with E-state index in [1.807, 2.05) is 66.7 Å². The lowest BCUT2D eigenvalue weighted by atomic mass is 10.0. The van der Waals surface area contributed by atoms with Gasteiger partial charge in [0.2, 0.25) is 0 Å². The predicted octanol–water partition coefficient (Wildman–Crippen LogP) is 9.00. The second-order valence-electron chi connectivity index (χ2n) is 10.6. The zero-order chi connectivity index (χ0) is 28.5. The van der Waals surface area contributed by atoms with Gasteiger partial charge in [-0.2, -0.15) is 0 Å². The molecule has 0 saturated carbocycles.